The molecule has 1 fully saturated rings. The number of halogens is 1. The van der Waals surface area contributed by atoms with Crippen molar-refractivity contribution >= 4 is 34.0 Å². The smallest absolute Gasteiger partial charge is 0.407 e. The third-order valence-electron chi connectivity index (χ3n) is 7.01. The van der Waals surface area contributed by atoms with Crippen LogP contribution in [-0.4, -0.2) is 59.6 Å². The molecule has 1 saturated heterocycles. The van der Waals surface area contributed by atoms with Gasteiger partial charge in [0.1, 0.15) is 17.7 Å². The van der Waals surface area contributed by atoms with E-state index in [0.29, 0.717) is 32.0 Å². The Balaban J connectivity index is 1.18. The number of nitrogens with zero attached hydrogens (tertiary/aromatic N) is 6. The van der Waals surface area contributed by atoms with Crippen molar-refractivity contribution in [1.82, 2.24) is 34.6 Å². The van der Waals surface area contributed by atoms with Gasteiger partial charge in [-0.25, -0.2) is 18.7 Å². The molecule has 0 bridgehead atoms. The number of likely N-dealkylation sites (tertiary alicyclic amines) is 1. The number of carbonyl (C=O) groups is 1. The number of piperidine rings is 1. The van der Waals surface area contributed by atoms with Gasteiger partial charge in [0.15, 0.2) is 5.82 Å². The molecule has 3 aromatic heterocycles. The van der Waals surface area contributed by atoms with Gasteiger partial charge in [0.05, 0.1) is 18.3 Å². The van der Waals surface area contributed by atoms with Crippen LogP contribution in [0.25, 0.3) is 16.4 Å². The van der Waals surface area contributed by atoms with E-state index in [0.717, 1.165) is 46.1 Å². The van der Waals surface area contributed by atoms with Gasteiger partial charge in [-0.3, -0.25) is 4.68 Å². The Bertz CT molecular complexity index is 1610. The third-order valence-corrected chi connectivity index (χ3v) is 7.01. The van der Waals surface area contributed by atoms with Crippen molar-refractivity contribution < 1.29 is 14.3 Å². The summed E-state index contributed by atoms with van der Waals surface area (Å²) in [6.45, 7) is 2.19. The topological polar surface area (TPSA) is 113 Å². The van der Waals surface area contributed by atoms with Crippen molar-refractivity contribution in [2.45, 2.75) is 32.0 Å². The molecule has 194 valence electrons. The van der Waals surface area contributed by atoms with Crippen LogP contribution in [0.1, 0.15) is 24.0 Å². The number of rotatable bonds is 7. The summed E-state index contributed by atoms with van der Waals surface area (Å²) in [4.78, 5) is 17.1. The average Bonchev–Trinajstić information content (AvgIpc) is 3.52. The number of fused-ring (bicyclic) bond motifs is 2. The molecule has 0 atom stereocenters. The molecular weight excluding hydrogens is 487 g/mol. The third kappa shape index (κ3) is 4.88. The van der Waals surface area contributed by atoms with Crippen molar-refractivity contribution in [2.75, 3.05) is 18.4 Å². The standard InChI is InChI=1S/C27H27FN8O2/c28-21-3-1-2-18(12-21)16-36-24-5-4-23(13-20(24)15-31-36)33-26-25-19(6-11-35(25)32-17-30-26)14-29-22-7-9-34(10-8-22)27(37)38/h1-6,11-13,15,17,22,29H,7-10,14,16H2,(H,37,38)(H,30,32,33). The highest BCUT2D eigenvalue weighted by molar-refractivity contribution is 5.85. The molecule has 5 aromatic rings. The van der Waals surface area contributed by atoms with E-state index in [4.69, 9.17) is 5.11 Å². The number of carboxylic acid groups (broad SMARTS) is 1. The molecule has 2 aromatic carbocycles. The Morgan fingerprint density at radius 1 is 1.11 bits per heavy atom. The maximum atomic E-state index is 13.6. The van der Waals surface area contributed by atoms with E-state index in [-0.39, 0.29) is 11.9 Å². The highest BCUT2D eigenvalue weighted by Gasteiger charge is 2.22. The molecule has 0 saturated carbocycles. The highest BCUT2D eigenvalue weighted by Crippen LogP contribution is 2.26. The summed E-state index contributed by atoms with van der Waals surface area (Å²) >= 11 is 0. The average molecular weight is 515 g/mol. The predicted molar refractivity (Wildman–Crippen MR) is 141 cm³/mol. The molecule has 1 aliphatic heterocycles. The summed E-state index contributed by atoms with van der Waals surface area (Å²) in [5.74, 6) is 0.430. The summed E-state index contributed by atoms with van der Waals surface area (Å²) in [5.41, 5.74) is 4.60. The van der Waals surface area contributed by atoms with Gasteiger partial charge >= 0.3 is 6.09 Å². The lowest BCUT2D eigenvalue weighted by molar-refractivity contribution is 0.129. The van der Waals surface area contributed by atoms with Crippen molar-refractivity contribution in [2.24, 2.45) is 0 Å². The summed E-state index contributed by atoms with van der Waals surface area (Å²) in [5, 5.41) is 26.0. The summed E-state index contributed by atoms with van der Waals surface area (Å²) in [6.07, 6.45) is 5.94. The first-order valence-electron chi connectivity index (χ1n) is 12.5. The van der Waals surface area contributed by atoms with E-state index >= 15 is 0 Å². The second kappa shape index (κ2) is 10.1. The maximum absolute atomic E-state index is 13.6. The minimum absolute atomic E-state index is 0.257. The lowest BCUT2D eigenvalue weighted by atomic mass is 10.1. The van der Waals surface area contributed by atoms with Crippen molar-refractivity contribution in [3.05, 3.63) is 84.2 Å². The lowest BCUT2D eigenvalue weighted by Gasteiger charge is -2.30. The van der Waals surface area contributed by atoms with Crippen LogP contribution in [0.15, 0.2) is 67.3 Å². The Morgan fingerprint density at radius 2 is 1.97 bits per heavy atom. The van der Waals surface area contributed by atoms with Gasteiger partial charge in [0, 0.05) is 42.9 Å². The first-order chi connectivity index (χ1) is 18.5. The van der Waals surface area contributed by atoms with Crippen molar-refractivity contribution in [1.29, 1.82) is 0 Å². The molecule has 4 heterocycles. The first kappa shape index (κ1) is 23.9. The number of nitrogens with one attached hydrogen (secondary N) is 2. The lowest BCUT2D eigenvalue weighted by Crippen LogP contribution is -2.44. The number of benzene rings is 2. The molecule has 0 aliphatic carbocycles. The van der Waals surface area contributed by atoms with Gasteiger partial charge in [-0.2, -0.15) is 10.2 Å². The van der Waals surface area contributed by atoms with E-state index in [1.807, 2.05) is 41.2 Å². The number of aromatic nitrogens is 5. The molecule has 11 heteroatoms. The van der Waals surface area contributed by atoms with E-state index in [2.05, 4.69) is 25.8 Å². The van der Waals surface area contributed by atoms with Gasteiger partial charge < -0.3 is 20.6 Å². The number of hydrogen-bond donors (Lipinski definition) is 3. The Kier molecular flexibility index (Phi) is 6.34. The van der Waals surface area contributed by atoms with Crippen LogP contribution in [0.4, 0.5) is 20.7 Å². The van der Waals surface area contributed by atoms with Crippen LogP contribution >= 0.6 is 0 Å². The van der Waals surface area contributed by atoms with E-state index in [1.54, 1.807) is 16.8 Å². The van der Waals surface area contributed by atoms with Gasteiger partial charge in [-0.15, -0.1) is 0 Å². The van der Waals surface area contributed by atoms with Crippen LogP contribution in [0.5, 0.6) is 0 Å². The van der Waals surface area contributed by atoms with E-state index < -0.39 is 6.09 Å². The molecular formula is C27H27FN8O2. The molecule has 1 amide bonds. The van der Waals surface area contributed by atoms with Crippen LogP contribution in [-0.2, 0) is 13.1 Å². The van der Waals surface area contributed by atoms with Crippen LogP contribution < -0.4 is 10.6 Å². The summed E-state index contributed by atoms with van der Waals surface area (Å²) in [7, 11) is 0. The SMILES string of the molecule is O=C(O)N1CCC(NCc2ccn3ncnc(Nc4ccc5c(cnn5Cc5cccc(F)c5)c4)c23)CC1. The molecule has 1 aliphatic rings. The highest BCUT2D eigenvalue weighted by atomic mass is 19.1. The zero-order valence-electron chi connectivity index (χ0n) is 20.6. The number of anilines is 2. The zero-order valence-corrected chi connectivity index (χ0v) is 20.6. The van der Waals surface area contributed by atoms with Crippen LogP contribution in [0, 0.1) is 5.82 Å². The van der Waals surface area contributed by atoms with E-state index in [9.17, 15) is 9.18 Å². The molecule has 3 N–H and O–H groups in total. The first-order valence-corrected chi connectivity index (χ1v) is 12.5. The molecule has 38 heavy (non-hydrogen) atoms. The fourth-order valence-electron chi connectivity index (χ4n) is 5.02. The molecule has 10 nitrogen and oxygen atoms in total. The number of hydrogen-bond acceptors (Lipinski definition) is 6. The Hall–Kier alpha value is -4.51. The minimum atomic E-state index is -0.855. The largest absolute Gasteiger partial charge is 0.465 e. The molecule has 0 radical (unpaired) electrons. The normalized spacial score (nSPS) is 14.4. The molecule has 0 spiro atoms. The van der Waals surface area contributed by atoms with Gasteiger partial charge in [0.25, 0.3) is 0 Å². The fourth-order valence-corrected chi connectivity index (χ4v) is 5.02. The fraction of sp³-hybridized carbons (Fsp3) is 0.259. The van der Waals surface area contributed by atoms with Crippen LogP contribution in [0.2, 0.25) is 0 Å². The maximum Gasteiger partial charge on any atom is 0.407 e. The molecule has 6 rings (SSSR count). The molecule has 0 unspecified atom stereocenters. The zero-order chi connectivity index (χ0) is 26.1. The Morgan fingerprint density at radius 3 is 2.79 bits per heavy atom. The quantitative estimate of drug-likeness (QED) is 0.298. The van der Waals surface area contributed by atoms with Gasteiger partial charge in [-0.05, 0) is 60.4 Å². The second-order valence-corrected chi connectivity index (χ2v) is 9.50. The van der Waals surface area contributed by atoms with Gasteiger partial charge in [-0.1, -0.05) is 12.1 Å². The minimum Gasteiger partial charge on any atom is -0.465 e. The van der Waals surface area contributed by atoms with E-state index in [1.165, 1.54) is 23.4 Å². The van der Waals surface area contributed by atoms with Gasteiger partial charge in [0.2, 0.25) is 0 Å². The monoisotopic (exact) mass is 514 g/mol. The van der Waals surface area contributed by atoms with Crippen molar-refractivity contribution in [3.63, 3.8) is 0 Å². The number of amides is 1. The summed E-state index contributed by atoms with van der Waals surface area (Å²) in [6, 6.07) is 14.8. The Labute approximate surface area is 217 Å². The van der Waals surface area contributed by atoms with Crippen LogP contribution in [0.3, 0.4) is 0 Å². The summed E-state index contributed by atoms with van der Waals surface area (Å²) < 4.78 is 17.3. The van der Waals surface area contributed by atoms with Crippen molar-refractivity contribution in [3.8, 4) is 0 Å². The predicted octanol–water partition coefficient (Wildman–Crippen LogP) is 4.24. The second-order valence-electron chi connectivity index (χ2n) is 9.50.